The topological polar surface area (TPSA) is 107 Å². The van der Waals surface area contributed by atoms with Crippen LogP contribution in [0.15, 0.2) is 0 Å². The van der Waals surface area contributed by atoms with Crippen LogP contribution in [0.4, 0.5) is 4.79 Å². The van der Waals surface area contributed by atoms with Gasteiger partial charge < -0.3 is 20.4 Å². The summed E-state index contributed by atoms with van der Waals surface area (Å²) in [4.78, 5) is 34.2. The molecule has 7 nitrogen and oxygen atoms in total. The minimum absolute atomic E-state index is 0.295. The van der Waals surface area contributed by atoms with Crippen LogP contribution in [0, 0.1) is 5.92 Å². The number of carboxylic acids is 2. The number of carbonyl (C=O) groups excluding carboxylic acids is 1. The molecule has 0 fully saturated rings. The van der Waals surface area contributed by atoms with Crippen molar-refractivity contribution in [1.82, 2.24) is 10.2 Å². The second-order valence-corrected chi connectivity index (χ2v) is 4.33. The van der Waals surface area contributed by atoms with E-state index in [2.05, 4.69) is 5.32 Å². The summed E-state index contributed by atoms with van der Waals surface area (Å²) in [6, 6.07) is -1.99. The number of hydrogen-bond donors (Lipinski definition) is 3. The molecule has 0 aromatic heterocycles. The lowest BCUT2D eigenvalue weighted by atomic mass is 10.1. The maximum absolute atomic E-state index is 11.6. The van der Waals surface area contributed by atoms with Gasteiger partial charge in [-0.3, -0.25) is 4.79 Å². The van der Waals surface area contributed by atoms with Crippen molar-refractivity contribution in [2.45, 2.75) is 32.7 Å². The fraction of sp³-hybridized carbons (Fsp3) is 0.727. The van der Waals surface area contributed by atoms with Crippen molar-refractivity contribution >= 4 is 18.0 Å². The van der Waals surface area contributed by atoms with Gasteiger partial charge in [0.15, 0.2) is 0 Å². The minimum atomic E-state index is -1.41. The SMILES string of the molecule is CCC(C)CN(C)C(=O)N[C@@H](CC(=O)O)C(=O)O. The Balaban J connectivity index is 4.41. The van der Waals surface area contributed by atoms with Crippen LogP contribution < -0.4 is 5.32 Å². The number of carbonyl (C=O) groups is 3. The third kappa shape index (κ3) is 6.07. The highest BCUT2D eigenvalue weighted by Gasteiger charge is 2.24. The van der Waals surface area contributed by atoms with Crippen LogP contribution >= 0.6 is 0 Å². The van der Waals surface area contributed by atoms with Gasteiger partial charge in [0.1, 0.15) is 6.04 Å². The molecule has 0 saturated heterocycles. The van der Waals surface area contributed by atoms with Crippen LogP contribution in [0.2, 0.25) is 0 Å². The molecule has 1 unspecified atom stereocenters. The van der Waals surface area contributed by atoms with Gasteiger partial charge in [0.25, 0.3) is 0 Å². The van der Waals surface area contributed by atoms with Crippen molar-refractivity contribution in [2.75, 3.05) is 13.6 Å². The molecule has 104 valence electrons. The van der Waals surface area contributed by atoms with Gasteiger partial charge in [-0.05, 0) is 5.92 Å². The number of hydrogen-bond acceptors (Lipinski definition) is 3. The van der Waals surface area contributed by atoms with Crippen LogP contribution in [0.5, 0.6) is 0 Å². The molecule has 0 spiro atoms. The third-order valence-electron chi connectivity index (χ3n) is 2.60. The Labute approximate surface area is 106 Å². The Morgan fingerprint density at radius 3 is 2.22 bits per heavy atom. The van der Waals surface area contributed by atoms with E-state index in [-0.39, 0.29) is 0 Å². The highest BCUT2D eigenvalue weighted by Crippen LogP contribution is 2.03. The first-order valence-electron chi connectivity index (χ1n) is 5.74. The predicted molar refractivity (Wildman–Crippen MR) is 64.3 cm³/mol. The molecule has 3 N–H and O–H groups in total. The van der Waals surface area contributed by atoms with Crippen molar-refractivity contribution < 1.29 is 24.6 Å². The number of carboxylic acid groups (broad SMARTS) is 2. The first-order chi connectivity index (χ1) is 8.27. The average molecular weight is 260 g/mol. The molecule has 0 bridgehead atoms. The van der Waals surface area contributed by atoms with Gasteiger partial charge in [-0.25, -0.2) is 9.59 Å². The molecule has 7 heteroatoms. The van der Waals surface area contributed by atoms with E-state index in [1.807, 2.05) is 13.8 Å². The van der Waals surface area contributed by atoms with E-state index in [0.717, 1.165) is 6.42 Å². The van der Waals surface area contributed by atoms with Gasteiger partial charge >= 0.3 is 18.0 Å². The summed E-state index contributed by atoms with van der Waals surface area (Å²) < 4.78 is 0. The van der Waals surface area contributed by atoms with Crippen LogP contribution in [-0.2, 0) is 9.59 Å². The van der Waals surface area contributed by atoms with Crippen LogP contribution in [0.1, 0.15) is 26.7 Å². The van der Waals surface area contributed by atoms with Gasteiger partial charge in [-0.2, -0.15) is 0 Å². The van der Waals surface area contributed by atoms with E-state index >= 15 is 0 Å². The summed E-state index contributed by atoms with van der Waals surface area (Å²) >= 11 is 0. The third-order valence-corrected chi connectivity index (χ3v) is 2.60. The number of rotatable bonds is 7. The van der Waals surface area contributed by atoms with Gasteiger partial charge in [-0.15, -0.1) is 0 Å². The van der Waals surface area contributed by atoms with E-state index < -0.39 is 30.4 Å². The number of urea groups is 1. The first-order valence-corrected chi connectivity index (χ1v) is 5.74. The maximum Gasteiger partial charge on any atom is 0.326 e. The quantitative estimate of drug-likeness (QED) is 0.621. The standard InChI is InChI=1S/C11H20N2O5/c1-4-7(2)6-13(3)11(18)12-8(10(16)17)5-9(14)15/h7-8H,4-6H2,1-3H3,(H,12,18)(H,14,15)(H,16,17)/t7?,8-/m0/s1. The van der Waals surface area contributed by atoms with Crippen molar-refractivity contribution in [3.05, 3.63) is 0 Å². The molecule has 0 aliphatic rings. The van der Waals surface area contributed by atoms with Crippen LogP contribution in [0.25, 0.3) is 0 Å². The molecule has 0 aliphatic heterocycles. The Morgan fingerprint density at radius 2 is 1.83 bits per heavy atom. The molecule has 0 heterocycles. The second-order valence-electron chi connectivity index (χ2n) is 4.33. The summed E-state index contributed by atoms with van der Waals surface area (Å²) in [6.07, 6.45) is 0.257. The summed E-state index contributed by atoms with van der Waals surface area (Å²) in [5, 5.41) is 19.5. The summed E-state index contributed by atoms with van der Waals surface area (Å²) in [7, 11) is 1.54. The second kappa shape index (κ2) is 7.52. The fourth-order valence-electron chi connectivity index (χ4n) is 1.31. The molecule has 0 aromatic rings. The molecule has 0 aromatic carbocycles. The zero-order valence-electron chi connectivity index (χ0n) is 10.8. The van der Waals surface area contributed by atoms with Gasteiger partial charge in [-0.1, -0.05) is 20.3 Å². The van der Waals surface area contributed by atoms with E-state index in [4.69, 9.17) is 10.2 Å². The number of amides is 2. The van der Waals surface area contributed by atoms with Gasteiger partial charge in [0.05, 0.1) is 6.42 Å². The van der Waals surface area contributed by atoms with Crippen LogP contribution in [-0.4, -0.2) is 52.7 Å². The Bertz CT molecular complexity index is 319. The molecule has 0 aliphatic carbocycles. The zero-order chi connectivity index (χ0) is 14.3. The predicted octanol–water partition coefficient (Wildman–Crippen LogP) is 0.602. The van der Waals surface area contributed by atoms with E-state index in [0.29, 0.717) is 12.5 Å². The van der Waals surface area contributed by atoms with E-state index in [1.165, 1.54) is 4.90 Å². The van der Waals surface area contributed by atoms with Crippen LogP contribution in [0.3, 0.4) is 0 Å². The highest BCUT2D eigenvalue weighted by molar-refractivity contribution is 5.86. The lowest BCUT2D eigenvalue weighted by Crippen LogP contribution is -2.48. The molecule has 0 rings (SSSR count). The fourth-order valence-corrected chi connectivity index (χ4v) is 1.31. The molecular weight excluding hydrogens is 240 g/mol. The minimum Gasteiger partial charge on any atom is -0.481 e. The Kier molecular flexibility index (Phi) is 6.77. The number of nitrogens with one attached hydrogen (secondary N) is 1. The number of nitrogens with zero attached hydrogens (tertiary/aromatic N) is 1. The van der Waals surface area contributed by atoms with Crippen molar-refractivity contribution in [2.24, 2.45) is 5.92 Å². The summed E-state index contributed by atoms with van der Waals surface area (Å²) in [5.74, 6) is -2.33. The van der Waals surface area contributed by atoms with Gasteiger partial charge in [0, 0.05) is 13.6 Å². The lowest BCUT2D eigenvalue weighted by molar-refractivity contribution is -0.145. The Morgan fingerprint density at radius 1 is 1.28 bits per heavy atom. The van der Waals surface area contributed by atoms with E-state index in [9.17, 15) is 14.4 Å². The molecular formula is C11H20N2O5. The van der Waals surface area contributed by atoms with Crippen molar-refractivity contribution in [3.8, 4) is 0 Å². The molecule has 2 atom stereocenters. The normalized spacial score (nSPS) is 13.5. The molecule has 0 radical (unpaired) electrons. The lowest BCUT2D eigenvalue weighted by Gasteiger charge is -2.23. The summed E-state index contributed by atoms with van der Waals surface area (Å²) in [5.41, 5.74) is 0. The van der Waals surface area contributed by atoms with E-state index in [1.54, 1.807) is 7.05 Å². The molecule has 18 heavy (non-hydrogen) atoms. The molecule has 0 saturated carbocycles. The van der Waals surface area contributed by atoms with Crippen molar-refractivity contribution in [1.29, 1.82) is 0 Å². The number of aliphatic carboxylic acids is 2. The maximum atomic E-state index is 11.6. The van der Waals surface area contributed by atoms with Gasteiger partial charge in [0.2, 0.25) is 0 Å². The highest BCUT2D eigenvalue weighted by atomic mass is 16.4. The monoisotopic (exact) mass is 260 g/mol. The smallest absolute Gasteiger partial charge is 0.326 e. The zero-order valence-corrected chi connectivity index (χ0v) is 10.8. The van der Waals surface area contributed by atoms with Crippen molar-refractivity contribution in [3.63, 3.8) is 0 Å². The summed E-state index contributed by atoms with van der Waals surface area (Å²) in [6.45, 7) is 4.44. The average Bonchev–Trinajstić information content (AvgIpc) is 2.26. The Hall–Kier alpha value is -1.79. The largest absolute Gasteiger partial charge is 0.481 e. The molecule has 2 amide bonds. The first kappa shape index (κ1) is 16.2.